The Hall–Kier alpha value is -1.99. The van der Waals surface area contributed by atoms with Crippen LogP contribution in [-0.4, -0.2) is 36.7 Å². The maximum Gasteiger partial charge on any atom is 0.329 e. The van der Waals surface area contributed by atoms with E-state index in [2.05, 4.69) is 5.32 Å². The van der Waals surface area contributed by atoms with E-state index in [-0.39, 0.29) is 24.9 Å². The molecule has 1 aromatic carbocycles. The lowest BCUT2D eigenvalue weighted by atomic mass is 10.1. The van der Waals surface area contributed by atoms with E-state index in [9.17, 15) is 14.0 Å². The number of hydrogen-bond donors (Lipinski definition) is 2. The third-order valence-corrected chi connectivity index (χ3v) is 4.13. The molecule has 0 aliphatic rings. The number of carbonyl (C=O) groups excluding carboxylic acids is 1. The van der Waals surface area contributed by atoms with Crippen LogP contribution < -0.4 is 5.32 Å². The zero-order chi connectivity index (χ0) is 15.4. The Kier molecular flexibility index (Phi) is 4.87. The third-order valence-electron chi connectivity index (χ3n) is 2.86. The summed E-state index contributed by atoms with van der Waals surface area (Å²) in [7, 11) is 0. The van der Waals surface area contributed by atoms with Crippen molar-refractivity contribution in [2.75, 3.05) is 19.8 Å². The Balaban J connectivity index is 1.99. The van der Waals surface area contributed by atoms with Crippen molar-refractivity contribution in [2.45, 2.75) is 6.92 Å². The van der Waals surface area contributed by atoms with Crippen molar-refractivity contribution in [1.82, 2.24) is 5.32 Å². The molecule has 0 bridgehead atoms. The number of nitrogens with one attached hydrogen (secondary N) is 1. The molecule has 2 aromatic rings. The lowest BCUT2D eigenvalue weighted by molar-refractivity contribution is -0.142. The average molecular weight is 311 g/mol. The zero-order valence-electron chi connectivity index (χ0n) is 11.3. The fourth-order valence-corrected chi connectivity index (χ4v) is 2.99. The second-order valence-electron chi connectivity index (χ2n) is 4.40. The van der Waals surface area contributed by atoms with Gasteiger partial charge in [0, 0.05) is 11.2 Å². The molecule has 1 amide bonds. The van der Waals surface area contributed by atoms with Crippen molar-refractivity contribution in [3.8, 4) is 0 Å². The number of carboxylic acids is 1. The summed E-state index contributed by atoms with van der Waals surface area (Å²) in [4.78, 5) is 22.8. The molecule has 0 aliphatic carbocycles. The number of ether oxygens (including phenoxy) is 1. The topological polar surface area (TPSA) is 75.6 Å². The molecule has 2 N–H and O–H groups in total. The predicted molar refractivity (Wildman–Crippen MR) is 77.3 cm³/mol. The zero-order valence-corrected chi connectivity index (χ0v) is 12.1. The summed E-state index contributed by atoms with van der Waals surface area (Å²) in [5, 5.41) is 11.8. The monoisotopic (exact) mass is 311 g/mol. The van der Waals surface area contributed by atoms with Crippen molar-refractivity contribution in [3.63, 3.8) is 0 Å². The molecule has 0 aliphatic heterocycles. The number of rotatable bonds is 6. The van der Waals surface area contributed by atoms with E-state index in [1.807, 2.05) is 0 Å². The number of carbonyl (C=O) groups is 2. The van der Waals surface area contributed by atoms with Gasteiger partial charge in [0.25, 0.3) is 5.91 Å². The van der Waals surface area contributed by atoms with Crippen LogP contribution >= 0.6 is 11.3 Å². The second-order valence-corrected chi connectivity index (χ2v) is 5.45. The molecule has 0 saturated heterocycles. The van der Waals surface area contributed by atoms with Crippen molar-refractivity contribution >= 4 is 33.3 Å². The van der Waals surface area contributed by atoms with Gasteiger partial charge in [0.2, 0.25) is 0 Å². The molecule has 21 heavy (non-hydrogen) atoms. The van der Waals surface area contributed by atoms with Crippen LogP contribution in [0.4, 0.5) is 4.39 Å². The lowest BCUT2D eigenvalue weighted by Gasteiger charge is -2.04. The van der Waals surface area contributed by atoms with Crippen LogP contribution in [0.15, 0.2) is 18.2 Å². The summed E-state index contributed by atoms with van der Waals surface area (Å²) >= 11 is 1.30. The first-order valence-corrected chi connectivity index (χ1v) is 7.07. The van der Waals surface area contributed by atoms with E-state index in [0.29, 0.717) is 4.88 Å². The van der Waals surface area contributed by atoms with Crippen LogP contribution in [0.1, 0.15) is 15.2 Å². The van der Waals surface area contributed by atoms with Gasteiger partial charge >= 0.3 is 5.97 Å². The van der Waals surface area contributed by atoms with Gasteiger partial charge in [-0.15, -0.1) is 11.3 Å². The fraction of sp³-hybridized carbons (Fsp3) is 0.286. The molecular formula is C14H14FNO4S. The minimum atomic E-state index is -1.05. The van der Waals surface area contributed by atoms with Crippen molar-refractivity contribution in [3.05, 3.63) is 34.5 Å². The highest BCUT2D eigenvalue weighted by molar-refractivity contribution is 7.21. The lowest BCUT2D eigenvalue weighted by Crippen LogP contribution is -2.27. The van der Waals surface area contributed by atoms with Crippen LogP contribution in [0.3, 0.4) is 0 Å². The summed E-state index contributed by atoms with van der Waals surface area (Å²) in [6.45, 7) is 1.72. The van der Waals surface area contributed by atoms with Crippen LogP contribution in [0.2, 0.25) is 0 Å². The molecule has 0 radical (unpaired) electrons. The van der Waals surface area contributed by atoms with Crippen LogP contribution in [-0.2, 0) is 9.53 Å². The number of amides is 1. The molecule has 0 unspecified atom stereocenters. The number of halogens is 1. The maximum absolute atomic E-state index is 13.2. The number of fused-ring (bicyclic) bond motifs is 1. The van der Waals surface area contributed by atoms with Crippen molar-refractivity contribution in [2.24, 2.45) is 0 Å². The second kappa shape index (κ2) is 6.64. The fourth-order valence-electron chi connectivity index (χ4n) is 1.89. The first kappa shape index (κ1) is 15.4. The van der Waals surface area contributed by atoms with Gasteiger partial charge in [-0.1, -0.05) is 0 Å². The Morgan fingerprint density at radius 1 is 1.43 bits per heavy atom. The van der Waals surface area contributed by atoms with E-state index >= 15 is 0 Å². The Morgan fingerprint density at radius 2 is 2.19 bits per heavy atom. The SMILES string of the molecule is Cc1c(C(=O)NCCOCC(=O)O)sc2ccc(F)cc12. The van der Waals surface area contributed by atoms with Crippen molar-refractivity contribution < 1.29 is 23.8 Å². The van der Waals surface area contributed by atoms with E-state index < -0.39 is 12.6 Å². The number of thiophene rings is 1. The van der Waals surface area contributed by atoms with Crippen LogP contribution in [0, 0.1) is 12.7 Å². The molecule has 5 nitrogen and oxygen atoms in total. The van der Waals surface area contributed by atoms with Gasteiger partial charge in [-0.3, -0.25) is 4.79 Å². The average Bonchev–Trinajstić information content (AvgIpc) is 2.75. The van der Waals surface area contributed by atoms with Gasteiger partial charge in [-0.25, -0.2) is 9.18 Å². The van der Waals surface area contributed by atoms with Gasteiger partial charge in [-0.2, -0.15) is 0 Å². The minimum Gasteiger partial charge on any atom is -0.480 e. The minimum absolute atomic E-state index is 0.122. The van der Waals surface area contributed by atoms with Gasteiger partial charge in [0.1, 0.15) is 12.4 Å². The number of aliphatic carboxylic acids is 1. The standard InChI is InChI=1S/C14H14FNO4S/c1-8-10-6-9(15)2-3-11(10)21-13(8)14(19)16-4-5-20-7-12(17)18/h2-3,6H,4-5,7H2,1H3,(H,16,19)(H,17,18). The van der Waals surface area contributed by atoms with E-state index in [0.717, 1.165) is 15.6 Å². The number of aryl methyl sites for hydroxylation is 1. The molecule has 7 heteroatoms. The summed E-state index contributed by atoms with van der Waals surface area (Å²) in [5.74, 6) is -1.66. The molecule has 2 rings (SSSR count). The van der Waals surface area contributed by atoms with E-state index in [4.69, 9.17) is 9.84 Å². The molecule has 112 valence electrons. The molecule has 0 fully saturated rings. The third kappa shape index (κ3) is 3.77. The first-order valence-electron chi connectivity index (χ1n) is 6.25. The normalized spacial score (nSPS) is 10.8. The Bertz CT molecular complexity index is 683. The molecule has 1 aromatic heterocycles. The molecule has 0 atom stereocenters. The van der Waals surface area contributed by atoms with Gasteiger partial charge in [0.15, 0.2) is 0 Å². The van der Waals surface area contributed by atoms with Gasteiger partial charge in [0.05, 0.1) is 11.5 Å². The van der Waals surface area contributed by atoms with Crippen molar-refractivity contribution in [1.29, 1.82) is 0 Å². The summed E-state index contributed by atoms with van der Waals surface area (Å²) in [6, 6.07) is 4.42. The maximum atomic E-state index is 13.2. The molecule has 1 heterocycles. The summed E-state index contributed by atoms with van der Waals surface area (Å²) in [6.07, 6.45) is 0. The largest absolute Gasteiger partial charge is 0.480 e. The Labute approximate surface area is 124 Å². The van der Waals surface area contributed by atoms with Gasteiger partial charge in [-0.05, 0) is 36.1 Å². The summed E-state index contributed by atoms with van der Waals surface area (Å²) in [5.41, 5.74) is 0.735. The Morgan fingerprint density at radius 3 is 2.90 bits per heavy atom. The smallest absolute Gasteiger partial charge is 0.329 e. The number of carboxylic acid groups (broad SMARTS) is 1. The van der Waals surface area contributed by atoms with E-state index in [1.54, 1.807) is 13.0 Å². The van der Waals surface area contributed by atoms with E-state index in [1.165, 1.54) is 23.5 Å². The number of hydrogen-bond acceptors (Lipinski definition) is 4. The summed E-state index contributed by atoms with van der Waals surface area (Å²) < 4.78 is 18.9. The molecule has 0 spiro atoms. The number of benzene rings is 1. The predicted octanol–water partition coefficient (Wildman–Crippen LogP) is 2.18. The first-order chi connectivity index (χ1) is 9.99. The van der Waals surface area contributed by atoms with Crippen LogP contribution in [0.5, 0.6) is 0 Å². The molecular weight excluding hydrogens is 297 g/mol. The quantitative estimate of drug-likeness (QED) is 0.802. The highest BCUT2D eigenvalue weighted by atomic mass is 32.1. The highest BCUT2D eigenvalue weighted by Crippen LogP contribution is 2.31. The van der Waals surface area contributed by atoms with Gasteiger partial charge < -0.3 is 15.2 Å². The highest BCUT2D eigenvalue weighted by Gasteiger charge is 2.15. The van der Waals surface area contributed by atoms with Crippen LogP contribution in [0.25, 0.3) is 10.1 Å². The molecule has 0 saturated carbocycles.